The molecule has 0 radical (unpaired) electrons. The molecule has 2 heterocycles. The van der Waals surface area contributed by atoms with Crippen molar-refractivity contribution >= 4 is 33.5 Å². The summed E-state index contributed by atoms with van der Waals surface area (Å²) in [6.45, 7) is 0.997. The summed E-state index contributed by atoms with van der Waals surface area (Å²) in [5.74, 6) is 2.04. The summed E-state index contributed by atoms with van der Waals surface area (Å²) in [4.78, 5) is 10.2. The number of hydrogen-bond acceptors (Lipinski definition) is 4. The lowest BCUT2D eigenvalue weighted by Gasteiger charge is -2.23. The zero-order valence-corrected chi connectivity index (χ0v) is 9.25. The monoisotopic (exact) mass is 257 g/mol. The summed E-state index contributed by atoms with van der Waals surface area (Å²) in [5, 5.41) is 0. The van der Waals surface area contributed by atoms with E-state index < -0.39 is 0 Å². The Balaban J connectivity index is 2.22. The smallest absolute Gasteiger partial charge is 0.135 e. The first-order chi connectivity index (χ1) is 6.36. The van der Waals surface area contributed by atoms with Crippen LogP contribution in [0.25, 0.3) is 0 Å². The fraction of sp³-hybridized carbons (Fsp3) is 0.250. The van der Waals surface area contributed by atoms with Gasteiger partial charge in [0.15, 0.2) is 0 Å². The number of halogens is 1. The molecule has 1 aliphatic heterocycles. The van der Waals surface area contributed by atoms with Gasteiger partial charge >= 0.3 is 0 Å². The van der Waals surface area contributed by atoms with Crippen molar-refractivity contribution in [2.75, 3.05) is 17.2 Å². The molecule has 0 spiro atoms. The van der Waals surface area contributed by atoms with Crippen LogP contribution in [0, 0.1) is 0 Å². The van der Waals surface area contributed by atoms with Gasteiger partial charge in [-0.3, -0.25) is 0 Å². The predicted molar refractivity (Wildman–Crippen MR) is 58.8 cm³/mol. The van der Waals surface area contributed by atoms with Gasteiger partial charge in [0.1, 0.15) is 12.1 Å². The van der Waals surface area contributed by atoms with Gasteiger partial charge in [-0.15, -0.1) is 11.8 Å². The van der Waals surface area contributed by atoms with Crippen molar-refractivity contribution in [1.29, 1.82) is 0 Å². The second kappa shape index (κ2) is 4.11. The van der Waals surface area contributed by atoms with Crippen LogP contribution < -0.4 is 4.90 Å². The predicted octanol–water partition coefficient (Wildman–Crippen LogP) is 2.22. The van der Waals surface area contributed by atoms with Crippen molar-refractivity contribution in [3.63, 3.8) is 0 Å². The maximum Gasteiger partial charge on any atom is 0.135 e. The summed E-state index contributed by atoms with van der Waals surface area (Å²) in [6, 6.07) is 1.91. The molecule has 0 unspecified atom stereocenters. The third kappa shape index (κ3) is 2.22. The van der Waals surface area contributed by atoms with Gasteiger partial charge in [0.05, 0.1) is 3.81 Å². The lowest BCUT2D eigenvalue weighted by Crippen LogP contribution is -2.23. The minimum Gasteiger partial charge on any atom is -0.330 e. The van der Waals surface area contributed by atoms with E-state index in [0.717, 1.165) is 21.9 Å². The van der Waals surface area contributed by atoms with Crippen molar-refractivity contribution in [1.82, 2.24) is 9.97 Å². The molecule has 0 saturated heterocycles. The number of aromatic nitrogens is 2. The Hall–Kier alpha value is -0.550. The van der Waals surface area contributed by atoms with E-state index in [2.05, 4.69) is 37.0 Å². The van der Waals surface area contributed by atoms with Crippen LogP contribution in [0.3, 0.4) is 0 Å². The highest BCUT2D eigenvalue weighted by Crippen LogP contribution is 2.28. The van der Waals surface area contributed by atoms with E-state index in [1.807, 2.05) is 17.8 Å². The molecule has 1 aromatic rings. The van der Waals surface area contributed by atoms with Crippen molar-refractivity contribution in [2.24, 2.45) is 0 Å². The molecule has 1 aliphatic rings. The first-order valence-corrected chi connectivity index (χ1v) is 5.67. The molecule has 0 amide bonds. The van der Waals surface area contributed by atoms with Crippen LogP contribution in [0.5, 0.6) is 0 Å². The van der Waals surface area contributed by atoms with Gasteiger partial charge in [-0.1, -0.05) is 0 Å². The van der Waals surface area contributed by atoms with E-state index in [4.69, 9.17) is 0 Å². The second-order valence-electron chi connectivity index (χ2n) is 2.54. The van der Waals surface area contributed by atoms with Gasteiger partial charge < -0.3 is 4.90 Å². The normalized spacial score (nSPS) is 17.0. The highest BCUT2D eigenvalue weighted by Gasteiger charge is 2.10. The molecule has 1 aromatic heterocycles. The molecule has 0 atom stereocenters. The highest BCUT2D eigenvalue weighted by molar-refractivity contribution is 9.14. The van der Waals surface area contributed by atoms with E-state index in [9.17, 15) is 0 Å². The second-order valence-corrected chi connectivity index (χ2v) is 5.06. The molecule has 0 bridgehead atoms. The topological polar surface area (TPSA) is 29.0 Å². The fourth-order valence-corrected chi connectivity index (χ4v) is 2.52. The van der Waals surface area contributed by atoms with Crippen LogP contribution in [-0.4, -0.2) is 22.3 Å². The third-order valence-corrected chi connectivity index (χ3v) is 3.35. The van der Waals surface area contributed by atoms with Gasteiger partial charge in [0.25, 0.3) is 0 Å². The highest BCUT2D eigenvalue weighted by atomic mass is 79.9. The first kappa shape index (κ1) is 9.02. The van der Waals surface area contributed by atoms with E-state index in [1.165, 1.54) is 0 Å². The van der Waals surface area contributed by atoms with E-state index in [0.29, 0.717) is 0 Å². The fourth-order valence-electron chi connectivity index (χ4n) is 1.10. The molecule has 68 valence electrons. The average Bonchev–Trinajstić information content (AvgIpc) is 2.19. The van der Waals surface area contributed by atoms with Crippen LogP contribution in [0.15, 0.2) is 28.6 Å². The van der Waals surface area contributed by atoms with Crippen molar-refractivity contribution in [3.8, 4) is 0 Å². The molecule has 3 nitrogen and oxygen atoms in total. The molecule has 2 rings (SSSR count). The zero-order chi connectivity index (χ0) is 9.10. The Kier molecular flexibility index (Phi) is 2.85. The van der Waals surface area contributed by atoms with Gasteiger partial charge in [0.2, 0.25) is 0 Å². The molecular weight excluding hydrogens is 250 g/mol. The Bertz CT molecular complexity index is 314. The summed E-state index contributed by atoms with van der Waals surface area (Å²) in [6.07, 6.45) is 5.38. The molecule has 5 heteroatoms. The van der Waals surface area contributed by atoms with Crippen LogP contribution in [0.1, 0.15) is 0 Å². The summed E-state index contributed by atoms with van der Waals surface area (Å²) < 4.78 is 1.15. The van der Waals surface area contributed by atoms with Crippen molar-refractivity contribution in [3.05, 3.63) is 28.6 Å². The Labute approximate surface area is 89.4 Å². The molecule has 0 aromatic carbocycles. The van der Waals surface area contributed by atoms with Crippen LogP contribution in [0.2, 0.25) is 0 Å². The summed E-state index contributed by atoms with van der Waals surface area (Å²) >= 11 is 5.27. The molecule has 0 fully saturated rings. The number of nitrogens with zero attached hydrogens (tertiary/aromatic N) is 3. The van der Waals surface area contributed by atoms with Gasteiger partial charge in [0, 0.05) is 24.7 Å². The van der Waals surface area contributed by atoms with Gasteiger partial charge in [-0.2, -0.15) is 0 Å². The van der Waals surface area contributed by atoms with E-state index in [-0.39, 0.29) is 0 Å². The molecular formula is C8H8BrN3S. The van der Waals surface area contributed by atoms with Crippen molar-refractivity contribution in [2.45, 2.75) is 0 Å². The summed E-state index contributed by atoms with van der Waals surface area (Å²) in [7, 11) is 0. The Morgan fingerprint density at radius 1 is 1.54 bits per heavy atom. The number of hydrogen-bond donors (Lipinski definition) is 0. The Morgan fingerprint density at radius 3 is 3.15 bits per heavy atom. The lowest BCUT2D eigenvalue weighted by molar-refractivity contribution is 0.971. The maximum absolute atomic E-state index is 4.18. The van der Waals surface area contributed by atoms with Crippen LogP contribution in [-0.2, 0) is 0 Å². The number of rotatable bonds is 1. The van der Waals surface area contributed by atoms with E-state index >= 15 is 0 Å². The van der Waals surface area contributed by atoms with Gasteiger partial charge in [-0.25, -0.2) is 9.97 Å². The zero-order valence-electron chi connectivity index (χ0n) is 6.85. The number of thioether (sulfide) groups is 1. The molecule has 13 heavy (non-hydrogen) atoms. The minimum atomic E-state index is 0.951. The van der Waals surface area contributed by atoms with Crippen molar-refractivity contribution < 1.29 is 0 Å². The summed E-state index contributed by atoms with van der Waals surface area (Å²) in [5.41, 5.74) is 0. The maximum atomic E-state index is 4.18. The average molecular weight is 258 g/mol. The first-order valence-electron chi connectivity index (χ1n) is 3.89. The third-order valence-electron chi connectivity index (χ3n) is 1.69. The molecule has 0 saturated carbocycles. The Morgan fingerprint density at radius 2 is 2.46 bits per heavy atom. The van der Waals surface area contributed by atoms with Crippen LogP contribution in [0.4, 0.5) is 5.82 Å². The van der Waals surface area contributed by atoms with E-state index in [1.54, 1.807) is 12.5 Å². The lowest BCUT2D eigenvalue weighted by atomic mass is 10.5. The molecule has 0 aliphatic carbocycles. The van der Waals surface area contributed by atoms with Gasteiger partial charge in [-0.05, 0) is 22.0 Å². The SMILES string of the molecule is BrC1=CN(c2ccncn2)CCS1. The minimum absolute atomic E-state index is 0.951. The quantitative estimate of drug-likeness (QED) is 0.772. The van der Waals surface area contributed by atoms with Crippen LogP contribution >= 0.6 is 27.7 Å². The number of anilines is 1. The largest absolute Gasteiger partial charge is 0.330 e. The molecule has 0 N–H and O–H groups in total. The standard InChI is InChI=1S/C8H8BrN3S/c9-7-5-12(3-4-13-7)8-1-2-10-6-11-8/h1-2,5-6H,3-4H2.